The fourth-order valence-electron chi connectivity index (χ4n) is 4.92. The third-order valence-electron chi connectivity index (χ3n) is 6.99. The second-order valence-corrected chi connectivity index (χ2v) is 9.15. The van der Waals surface area contributed by atoms with E-state index in [-0.39, 0.29) is 12.7 Å². The van der Waals surface area contributed by atoms with Crippen molar-refractivity contribution in [3.63, 3.8) is 0 Å². The van der Waals surface area contributed by atoms with Gasteiger partial charge in [-0.1, -0.05) is 6.92 Å². The van der Waals surface area contributed by atoms with Crippen LogP contribution in [-0.2, 0) is 17.6 Å². The number of aryl methyl sites for hydroxylation is 1. The summed E-state index contributed by atoms with van der Waals surface area (Å²) < 4.78 is 27.5. The lowest BCUT2D eigenvalue weighted by Gasteiger charge is -2.21. The number of ether oxygens (including phenoxy) is 5. The Bertz CT molecular complexity index is 1010. The summed E-state index contributed by atoms with van der Waals surface area (Å²) in [6, 6.07) is 9.69. The van der Waals surface area contributed by atoms with E-state index in [1.807, 2.05) is 30.3 Å². The summed E-state index contributed by atoms with van der Waals surface area (Å²) in [5, 5.41) is 0. The number of hydrogen-bond donors (Lipinski definition) is 0. The number of benzene rings is 2. The molecule has 0 saturated carbocycles. The van der Waals surface area contributed by atoms with Crippen molar-refractivity contribution < 1.29 is 28.5 Å². The first kappa shape index (κ1) is 25.2. The summed E-state index contributed by atoms with van der Waals surface area (Å²) in [4.78, 5) is 15.4. The Morgan fingerprint density at radius 2 is 1.71 bits per heavy atom. The number of rotatable bonds is 12. The molecular weight excluding hydrogens is 446 g/mol. The summed E-state index contributed by atoms with van der Waals surface area (Å²) >= 11 is 0. The van der Waals surface area contributed by atoms with E-state index in [2.05, 4.69) is 11.8 Å². The van der Waals surface area contributed by atoms with Crippen molar-refractivity contribution in [2.45, 2.75) is 45.4 Å². The first-order valence-electron chi connectivity index (χ1n) is 12.6. The van der Waals surface area contributed by atoms with Gasteiger partial charge >= 0.3 is 0 Å². The Balaban J connectivity index is 1.19. The minimum atomic E-state index is 0.118. The fraction of sp³-hybridized carbons (Fsp3) is 0.536. The highest BCUT2D eigenvalue weighted by Crippen LogP contribution is 2.36. The smallest absolute Gasteiger partial charge is 0.231 e. The van der Waals surface area contributed by atoms with Crippen molar-refractivity contribution in [1.82, 2.24) is 4.90 Å². The zero-order valence-corrected chi connectivity index (χ0v) is 21.1. The van der Waals surface area contributed by atoms with E-state index in [0.29, 0.717) is 24.6 Å². The Morgan fingerprint density at radius 3 is 2.49 bits per heavy atom. The van der Waals surface area contributed by atoms with Crippen molar-refractivity contribution in [2.24, 2.45) is 5.92 Å². The molecule has 1 atom stereocenters. The molecule has 0 bridgehead atoms. The average molecular weight is 484 g/mol. The standard InChI is InChI=1S/C28H37NO6/c1-4-29(13-6-14-33-23-10-11-25-28(18-23)35-19-34-25)12-5-7-20-8-9-21-16-26(31-2)27(32-3)17-22(21)15-24(20)30/h10-11,16-18,20H,4-9,12-15,19H2,1-3H3. The van der Waals surface area contributed by atoms with Crippen LogP contribution in [0.5, 0.6) is 28.7 Å². The number of Topliss-reactive ketones (excluding diaryl/α,β-unsaturated/α-hetero) is 1. The Morgan fingerprint density at radius 1 is 0.971 bits per heavy atom. The molecule has 1 aliphatic heterocycles. The predicted octanol–water partition coefficient (Wildman–Crippen LogP) is 4.68. The van der Waals surface area contributed by atoms with Gasteiger partial charge in [0.25, 0.3) is 0 Å². The molecule has 1 aliphatic carbocycles. The maximum absolute atomic E-state index is 13.0. The van der Waals surface area contributed by atoms with Crippen molar-refractivity contribution in [3.8, 4) is 28.7 Å². The second-order valence-electron chi connectivity index (χ2n) is 9.15. The van der Waals surface area contributed by atoms with Crippen molar-refractivity contribution >= 4 is 5.78 Å². The first-order chi connectivity index (χ1) is 17.1. The number of carbonyl (C=O) groups excluding carboxylic acids is 1. The van der Waals surface area contributed by atoms with Gasteiger partial charge in [-0.25, -0.2) is 0 Å². The third-order valence-corrected chi connectivity index (χ3v) is 6.99. The number of carbonyl (C=O) groups is 1. The Kier molecular flexibility index (Phi) is 8.74. The van der Waals surface area contributed by atoms with E-state index in [9.17, 15) is 4.79 Å². The molecule has 2 aromatic rings. The highest BCUT2D eigenvalue weighted by molar-refractivity contribution is 5.84. The van der Waals surface area contributed by atoms with Crippen LogP contribution in [0.4, 0.5) is 0 Å². The molecule has 1 unspecified atom stereocenters. The largest absolute Gasteiger partial charge is 0.493 e. The summed E-state index contributed by atoms with van der Waals surface area (Å²) in [5.74, 6) is 4.21. The molecular formula is C28H37NO6. The molecule has 0 aromatic heterocycles. The molecule has 190 valence electrons. The van der Waals surface area contributed by atoms with Crippen LogP contribution in [-0.4, -0.2) is 57.9 Å². The van der Waals surface area contributed by atoms with Crippen molar-refractivity contribution in [3.05, 3.63) is 41.5 Å². The van der Waals surface area contributed by atoms with Crippen LogP contribution in [0.3, 0.4) is 0 Å². The first-order valence-corrected chi connectivity index (χ1v) is 12.6. The van der Waals surface area contributed by atoms with Crippen LogP contribution in [0, 0.1) is 5.92 Å². The molecule has 0 spiro atoms. The molecule has 0 fully saturated rings. The summed E-state index contributed by atoms with van der Waals surface area (Å²) in [6.07, 6.45) is 5.19. The molecule has 0 N–H and O–H groups in total. The van der Waals surface area contributed by atoms with E-state index in [0.717, 1.165) is 80.3 Å². The van der Waals surface area contributed by atoms with Gasteiger partial charge in [0.1, 0.15) is 11.5 Å². The number of hydrogen-bond acceptors (Lipinski definition) is 7. The van der Waals surface area contributed by atoms with Crippen molar-refractivity contribution in [1.29, 1.82) is 0 Å². The van der Waals surface area contributed by atoms with Gasteiger partial charge in [-0.15, -0.1) is 0 Å². The molecule has 7 heteroatoms. The van der Waals surface area contributed by atoms with Crippen LogP contribution >= 0.6 is 0 Å². The van der Waals surface area contributed by atoms with E-state index >= 15 is 0 Å². The van der Waals surface area contributed by atoms with E-state index in [1.165, 1.54) is 5.56 Å². The van der Waals surface area contributed by atoms with Crippen LogP contribution in [0.25, 0.3) is 0 Å². The summed E-state index contributed by atoms with van der Waals surface area (Å²) in [5.41, 5.74) is 2.28. The van der Waals surface area contributed by atoms with Crippen LogP contribution in [0.1, 0.15) is 43.7 Å². The summed E-state index contributed by atoms with van der Waals surface area (Å²) in [7, 11) is 3.28. The van der Waals surface area contributed by atoms with Crippen LogP contribution < -0.4 is 23.7 Å². The van der Waals surface area contributed by atoms with Gasteiger partial charge in [-0.2, -0.15) is 0 Å². The molecule has 2 aromatic carbocycles. The fourth-order valence-corrected chi connectivity index (χ4v) is 4.92. The highest BCUT2D eigenvalue weighted by atomic mass is 16.7. The highest BCUT2D eigenvalue weighted by Gasteiger charge is 2.25. The lowest BCUT2D eigenvalue weighted by atomic mass is 9.93. The number of fused-ring (bicyclic) bond motifs is 2. The number of methoxy groups -OCH3 is 2. The second kappa shape index (κ2) is 12.2. The molecule has 7 nitrogen and oxygen atoms in total. The van der Waals surface area contributed by atoms with Gasteiger partial charge < -0.3 is 28.6 Å². The van der Waals surface area contributed by atoms with Gasteiger partial charge in [0, 0.05) is 24.9 Å². The minimum absolute atomic E-state index is 0.118. The van der Waals surface area contributed by atoms with Gasteiger partial charge in [0.05, 0.1) is 20.8 Å². The normalized spacial score (nSPS) is 16.7. The van der Waals surface area contributed by atoms with E-state index in [1.54, 1.807) is 14.2 Å². The van der Waals surface area contributed by atoms with Crippen LogP contribution in [0.15, 0.2) is 30.3 Å². The van der Waals surface area contributed by atoms with Gasteiger partial charge in [0.15, 0.2) is 23.0 Å². The predicted molar refractivity (Wildman–Crippen MR) is 134 cm³/mol. The zero-order valence-electron chi connectivity index (χ0n) is 21.1. The lowest BCUT2D eigenvalue weighted by Crippen LogP contribution is -2.27. The third kappa shape index (κ3) is 6.40. The van der Waals surface area contributed by atoms with Crippen LogP contribution in [0.2, 0.25) is 0 Å². The molecule has 4 rings (SSSR count). The lowest BCUT2D eigenvalue weighted by molar-refractivity contribution is -0.122. The zero-order chi connectivity index (χ0) is 24.6. The summed E-state index contributed by atoms with van der Waals surface area (Å²) in [6.45, 7) is 6.08. The Hall–Kier alpha value is -2.93. The number of ketones is 1. The number of nitrogens with zero attached hydrogens (tertiary/aromatic N) is 1. The molecule has 0 amide bonds. The molecule has 0 radical (unpaired) electrons. The van der Waals surface area contributed by atoms with E-state index in [4.69, 9.17) is 23.7 Å². The van der Waals surface area contributed by atoms with Gasteiger partial charge in [0.2, 0.25) is 6.79 Å². The van der Waals surface area contributed by atoms with Crippen molar-refractivity contribution in [2.75, 3.05) is 47.3 Å². The van der Waals surface area contributed by atoms with Gasteiger partial charge in [-0.05, 0) is 80.6 Å². The quantitative estimate of drug-likeness (QED) is 0.321. The molecule has 2 aliphatic rings. The molecule has 0 saturated heterocycles. The van der Waals surface area contributed by atoms with Gasteiger partial charge in [-0.3, -0.25) is 4.79 Å². The van der Waals surface area contributed by atoms with E-state index < -0.39 is 0 Å². The topological polar surface area (TPSA) is 66.5 Å². The molecule has 1 heterocycles. The monoisotopic (exact) mass is 483 g/mol. The Labute approximate surface area is 208 Å². The maximum atomic E-state index is 13.0. The SMILES string of the molecule is CCN(CCCOc1ccc2c(c1)OCO2)CCCC1CCc2cc(OC)c(OC)cc2CC1=O. The minimum Gasteiger partial charge on any atom is -0.493 e. The maximum Gasteiger partial charge on any atom is 0.231 e. The molecule has 35 heavy (non-hydrogen) atoms. The average Bonchev–Trinajstić information content (AvgIpc) is 3.29.